The zero-order chi connectivity index (χ0) is 12.2. The first-order valence-electron chi connectivity index (χ1n) is 6.42. The van der Waals surface area contributed by atoms with Crippen LogP contribution >= 0.6 is 0 Å². The third-order valence-electron chi connectivity index (χ3n) is 3.67. The fraction of sp³-hybridized carbons (Fsp3) is 0.923. The number of likely N-dealkylation sites (tertiary alicyclic amines) is 1. The predicted octanol–water partition coefficient (Wildman–Crippen LogP) is 2.02. The van der Waals surface area contributed by atoms with Crippen molar-refractivity contribution in [1.29, 1.82) is 0 Å². The lowest BCUT2D eigenvalue weighted by molar-refractivity contribution is -0.124. The minimum Gasteiger partial charge on any atom is -0.351 e. The van der Waals surface area contributed by atoms with E-state index in [9.17, 15) is 4.79 Å². The summed E-state index contributed by atoms with van der Waals surface area (Å²) in [5, 5.41) is 3.11. The van der Waals surface area contributed by atoms with Gasteiger partial charge in [-0.1, -0.05) is 6.92 Å². The van der Waals surface area contributed by atoms with Crippen LogP contribution in [-0.4, -0.2) is 36.5 Å². The second-order valence-electron chi connectivity index (χ2n) is 5.74. The second kappa shape index (κ2) is 5.67. The van der Waals surface area contributed by atoms with E-state index in [4.69, 9.17) is 0 Å². The van der Waals surface area contributed by atoms with Crippen LogP contribution in [0, 0.1) is 5.92 Å². The Bertz CT molecular complexity index is 230. The van der Waals surface area contributed by atoms with Gasteiger partial charge >= 0.3 is 0 Å². The lowest BCUT2D eigenvalue weighted by atomic mass is 9.92. The molecule has 0 saturated carbocycles. The molecule has 0 spiro atoms. The first-order valence-corrected chi connectivity index (χ1v) is 6.42. The van der Waals surface area contributed by atoms with Crippen LogP contribution in [-0.2, 0) is 4.79 Å². The van der Waals surface area contributed by atoms with Crippen LogP contribution < -0.4 is 5.32 Å². The first kappa shape index (κ1) is 13.5. The Hall–Kier alpha value is -0.570. The monoisotopic (exact) mass is 226 g/mol. The van der Waals surface area contributed by atoms with E-state index in [2.05, 4.69) is 38.0 Å². The third kappa shape index (κ3) is 4.52. The first-order chi connectivity index (χ1) is 7.43. The average molecular weight is 226 g/mol. The van der Waals surface area contributed by atoms with Gasteiger partial charge in [0.05, 0.1) is 0 Å². The van der Waals surface area contributed by atoms with Crippen LogP contribution in [0.25, 0.3) is 0 Å². The molecule has 1 heterocycles. The number of nitrogens with one attached hydrogen (secondary N) is 1. The van der Waals surface area contributed by atoms with E-state index < -0.39 is 0 Å². The Morgan fingerprint density at radius 2 is 1.94 bits per heavy atom. The van der Waals surface area contributed by atoms with E-state index >= 15 is 0 Å². The molecule has 0 aromatic heterocycles. The smallest absolute Gasteiger partial charge is 0.220 e. The van der Waals surface area contributed by atoms with Crippen LogP contribution in [0.3, 0.4) is 0 Å². The number of piperidine rings is 1. The van der Waals surface area contributed by atoms with E-state index in [0.717, 1.165) is 32.4 Å². The molecule has 0 radical (unpaired) electrons. The summed E-state index contributed by atoms with van der Waals surface area (Å²) in [6.45, 7) is 8.54. The quantitative estimate of drug-likeness (QED) is 0.795. The molecule has 94 valence electrons. The minimum absolute atomic E-state index is 0.0530. The van der Waals surface area contributed by atoms with Crippen LogP contribution in [0.2, 0.25) is 0 Å². The van der Waals surface area contributed by atoms with Crippen molar-refractivity contribution in [3.8, 4) is 0 Å². The Labute approximate surface area is 99.6 Å². The highest BCUT2D eigenvalue weighted by Crippen LogP contribution is 2.20. The van der Waals surface area contributed by atoms with E-state index in [0.29, 0.717) is 12.3 Å². The SMILES string of the molecule is CCC(C)(C)NC(=O)CC1CCN(C)CC1. The number of hydrogen-bond acceptors (Lipinski definition) is 2. The normalized spacial score (nSPS) is 19.8. The highest BCUT2D eigenvalue weighted by molar-refractivity contribution is 5.76. The molecule has 0 aromatic carbocycles. The summed E-state index contributed by atoms with van der Waals surface area (Å²) in [6.07, 6.45) is 4.01. The van der Waals surface area contributed by atoms with Gasteiger partial charge in [0.15, 0.2) is 0 Å². The van der Waals surface area contributed by atoms with Gasteiger partial charge in [-0.05, 0) is 59.2 Å². The Morgan fingerprint density at radius 3 is 2.44 bits per heavy atom. The average Bonchev–Trinajstić information content (AvgIpc) is 2.21. The van der Waals surface area contributed by atoms with Crippen molar-refractivity contribution in [3.63, 3.8) is 0 Å². The number of carbonyl (C=O) groups is 1. The van der Waals surface area contributed by atoms with E-state index in [1.54, 1.807) is 0 Å². The van der Waals surface area contributed by atoms with Crippen molar-refractivity contribution in [2.24, 2.45) is 5.92 Å². The predicted molar refractivity (Wildman–Crippen MR) is 67.4 cm³/mol. The molecule has 0 aromatic rings. The van der Waals surface area contributed by atoms with Gasteiger partial charge in [-0.3, -0.25) is 4.79 Å². The lowest BCUT2D eigenvalue weighted by Crippen LogP contribution is -2.44. The molecule has 1 N–H and O–H groups in total. The van der Waals surface area contributed by atoms with Gasteiger partial charge in [-0.15, -0.1) is 0 Å². The largest absolute Gasteiger partial charge is 0.351 e. The van der Waals surface area contributed by atoms with Crippen LogP contribution in [0.1, 0.15) is 46.5 Å². The molecule has 0 unspecified atom stereocenters. The molecule has 3 heteroatoms. The Balaban J connectivity index is 2.29. The highest BCUT2D eigenvalue weighted by Gasteiger charge is 2.22. The van der Waals surface area contributed by atoms with Crippen LogP contribution in [0.5, 0.6) is 0 Å². The van der Waals surface area contributed by atoms with Gasteiger partial charge in [-0.25, -0.2) is 0 Å². The van der Waals surface area contributed by atoms with Crippen molar-refractivity contribution >= 4 is 5.91 Å². The van der Waals surface area contributed by atoms with Crippen molar-refractivity contribution in [2.75, 3.05) is 20.1 Å². The maximum atomic E-state index is 11.8. The van der Waals surface area contributed by atoms with Crippen molar-refractivity contribution in [1.82, 2.24) is 10.2 Å². The molecular weight excluding hydrogens is 200 g/mol. The number of nitrogens with zero attached hydrogens (tertiary/aromatic N) is 1. The molecule has 1 aliphatic heterocycles. The number of carbonyl (C=O) groups excluding carboxylic acids is 1. The minimum atomic E-state index is -0.0530. The van der Waals surface area contributed by atoms with E-state index in [-0.39, 0.29) is 11.4 Å². The molecule has 1 saturated heterocycles. The van der Waals surface area contributed by atoms with Gasteiger partial charge in [0, 0.05) is 12.0 Å². The van der Waals surface area contributed by atoms with Crippen molar-refractivity contribution in [2.45, 2.75) is 52.0 Å². The molecule has 16 heavy (non-hydrogen) atoms. The summed E-state index contributed by atoms with van der Waals surface area (Å²) in [4.78, 5) is 14.2. The number of amides is 1. The molecule has 0 aliphatic carbocycles. The summed E-state index contributed by atoms with van der Waals surface area (Å²) in [5.74, 6) is 0.810. The van der Waals surface area contributed by atoms with Crippen LogP contribution in [0.15, 0.2) is 0 Å². The molecule has 1 amide bonds. The fourth-order valence-electron chi connectivity index (χ4n) is 2.05. The molecule has 1 rings (SSSR count). The summed E-state index contributed by atoms with van der Waals surface area (Å²) >= 11 is 0. The maximum absolute atomic E-state index is 11.8. The zero-order valence-corrected chi connectivity index (χ0v) is 11.2. The van der Waals surface area contributed by atoms with Gasteiger partial charge < -0.3 is 10.2 Å². The van der Waals surface area contributed by atoms with Crippen LogP contribution in [0.4, 0.5) is 0 Å². The highest BCUT2D eigenvalue weighted by atomic mass is 16.1. The molecule has 1 aliphatic rings. The fourth-order valence-corrected chi connectivity index (χ4v) is 2.05. The molecule has 0 bridgehead atoms. The topological polar surface area (TPSA) is 32.3 Å². The van der Waals surface area contributed by atoms with Gasteiger partial charge in [0.1, 0.15) is 0 Å². The van der Waals surface area contributed by atoms with E-state index in [1.165, 1.54) is 0 Å². The third-order valence-corrected chi connectivity index (χ3v) is 3.67. The van der Waals surface area contributed by atoms with Crippen molar-refractivity contribution < 1.29 is 4.79 Å². The van der Waals surface area contributed by atoms with E-state index in [1.807, 2.05) is 0 Å². The van der Waals surface area contributed by atoms with Gasteiger partial charge in [0.2, 0.25) is 5.91 Å². The standard InChI is InChI=1S/C13H26N2O/c1-5-13(2,3)14-12(16)10-11-6-8-15(4)9-7-11/h11H,5-10H2,1-4H3,(H,14,16). The summed E-state index contributed by atoms with van der Waals surface area (Å²) in [5.41, 5.74) is -0.0530. The van der Waals surface area contributed by atoms with Crippen molar-refractivity contribution in [3.05, 3.63) is 0 Å². The Kier molecular flexibility index (Phi) is 4.78. The molecule has 0 atom stereocenters. The van der Waals surface area contributed by atoms with Gasteiger partial charge in [0.25, 0.3) is 0 Å². The number of rotatable bonds is 4. The Morgan fingerprint density at radius 1 is 1.38 bits per heavy atom. The molecule has 1 fully saturated rings. The van der Waals surface area contributed by atoms with Gasteiger partial charge in [-0.2, -0.15) is 0 Å². The number of hydrogen-bond donors (Lipinski definition) is 1. The zero-order valence-electron chi connectivity index (χ0n) is 11.2. The summed E-state index contributed by atoms with van der Waals surface area (Å²) in [6, 6.07) is 0. The maximum Gasteiger partial charge on any atom is 0.220 e. The second-order valence-corrected chi connectivity index (χ2v) is 5.74. The summed E-state index contributed by atoms with van der Waals surface area (Å²) < 4.78 is 0. The molecular formula is C13H26N2O. The lowest BCUT2D eigenvalue weighted by Gasteiger charge is -2.30. The molecule has 3 nitrogen and oxygen atoms in total. The summed E-state index contributed by atoms with van der Waals surface area (Å²) in [7, 11) is 2.15.